The molecule has 0 spiro atoms. The molecule has 0 radical (unpaired) electrons. The highest BCUT2D eigenvalue weighted by molar-refractivity contribution is 5.11. The van der Waals surface area contributed by atoms with Crippen LogP contribution in [0.3, 0.4) is 0 Å². The van der Waals surface area contributed by atoms with Crippen LogP contribution in [0.15, 0.2) is 0 Å². The van der Waals surface area contributed by atoms with Gasteiger partial charge in [-0.15, -0.1) is 0 Å². The third kappa shape index (κ3) is 2.16. The molecule has 1 nitrogen and oxygen atoms in total. The lowest BCUT2D eigenvalue weighted by Crippen LogP contribution is -2.56. The number of rotatable bonds is 3. The Bertz CT molecular complexity index is 377. The summed E-state index contributed by atoms with van der Waals surface area (Å²) in [4.78, 5) is 0. The van der Waals surface area contributed by atoms with Crippen LogP contribution in [-0.2, 0) is 0 Å². The predicted molar refractivity (Wildman–Crippen MR) is 84.4 cm³/mol. The van der Waals surface area contributed by atoms with Crippen LogP contribution in [-0.4, -0.2) is 6.04 Å². The lowest BCUT2D eigenvalue weighted by atomic mass is 9.39. The molecule has 5 fully saturated rings. The minimum Gasteiger partial charge on any atom is -0.327 e. The largest absolute Gasteiger partial charge is 0.327 e. The molecule has 5 saturated carbocycles. The van der Waals surface area contributed by atoms with E-state index in [-0.39, 0.29) is 0 Å². The fraction of sp³-hybridized carbons (Fsp3) is 1.00. The lowest BCUT2D eigenvalue weighted by Gasteiger charge is -2.66. The fourth-order valence-electron chi connectivity index (χ4n) is 7.96. The first-order valence-electron chi connectivity index (χ1n) is 9.15. The zero-order chi connectivity index (χ0) is 14.0. The summed E-state index contributed by atoms with van der Waals surface area (Å²) >= 11 is 0. The molecule has 3 unspecified atom stereocenters. The molecule has 4 bridgehead atoms. The molecule has 0 saturated heterocycles. The van der Waals surface area contributed by atoms with Crippen molar-refractivity contribution in [3.63, 3.8) is 0 Å². The maximum absolute atomic E-state index is 6.69. The highest BCUT2D eigenvalue weighted by Gasteiger charge is 2.60. The average Bonchev–Trinajstić information content (AvgIpc) is 2.75. The molecule has 5 aliphatic carbocycles. The average molecular weight is 275 g/mol. The smallest absolute Gasteiger partial charge is 0.00724 e. The molecular formula is C19H33N. The summed E-state index contributed by atoms with van der Waals surface area (Å²) in [6, 6.07) is 0.501. The van der Waals surface area contributed by atoms with Crippen LogP contribution < -0.4 is 5.73 Å². The van der Waals surface area contributed by atoms with Gasteiger partial charge in [-0.25, -0.2) is 0 Å². The Hall–Kier alpha value is -0.0400. The summed E-state index contributed by atoms with van der Waals surface area (Å²) in [6.45, 7) is 5.18. The van der Waals surface area contributed by atoms with E-state index in [1.54, 1.807) is 0 Å². The molecule has 0 amide bonds. The second kappa shape index (κ2) is 4.24. The van der Waals surface area contributed by atoms with Gasteiger partial charge < -0.3 is 5.73 Å². The van der Waals surface area contributed by atoms with Crippen LogP contribution in [0.1, 0.15) is 84.5 Å². The van der Waals surface area contributed by atoms with E-state index in [1.165, 1.54) is 70.6 Å². The molecule has 0 heterocycles. The number of hydrogen-bond donors (Lipinski definition) is 1. The van der Waals surface area contributed by atoms with Crippen molar-refractivity contribution in [2.75, 3.05) is 0 Å². The minimum atomic E-state index is 0.501. The molecule has 3 atom stereocenters. The molecule has 0 aromatic rings. The predicted octanol–water partition coefficient (Wildman–Crippen LogP) is 4.89. The topological polar surface area (TPSA) is 26.0 Å². The van der Waals surface area contributed by atoms with Gasteiger partial charge in [-0.1, -0.05) is 26.7 Å². The van der Waals surface area contributed by atoms with Gasteiger partial charge in [0.25, 0.3) is 0 Å². The van der Waals surface area contributed by atoms with Gasteiger partial charge in [-0.2, -0.15) is 0 Å². The van der Waals surface area contributed by atoms with E-state index in [0.29, 0.717) is 22.3 Å². The van der Waals surface area contributed by atoms with Crippen molar-refractivity contribution in [2.24, 2.45) is 33.8 Å². The third-order valence-corrected chi connectivity index (χ3v) is 7.42. The molecule has 20 heavy (non-hydrogen) atoms. The quantitative estimate of drug-likeness (QED) is 0.779. The van der Waals surface area contributed by atoms with Gasteiger partial charge in [-0.3, -0.25) is 0 Å². The Morgan fingerprint density at radius 3 is 2.10 bits per heavy atom. The first kappa shape index (κ1) is 13.6. The summed E-state index contributed by atoms with van der Waals surface area (Å²) in [5.41, 5.74) is 8.63. The van der Waals surface area contributed by atoms with Gasteiger partial charge >= 0.3 is 0 Å². The molecule has 114 valence electrons. The summed E-state index contributed by atoms with van der Waals surface area (Å²) in [7, 11) is 0. The Morgan fingerprint density at radius 2 is 1.55 bits per heavy atom. The number of hydrogen-bond acceptors (Lipinski definition) is 1. The van der Waals surface area contributed by atoms with Crippen LogP contribution in [0.4, 0.5) is 0 Å². The highest BCUT2D eigenvalue weighted by atomic mass is 14.7. The van der Waals surface area contributed by atoms with E-state index < -0.39 is 0 Å². The molecular weight excluding hydrogens is 242 g/mol. The van der Waals surface area contributed by atoms with Gasteiger partial charge in [-0.05, 0) is 85.9 Å². The maximum Gasteiger partial charge on any atom is 0.00724 e. The van der Waals surface area contributed by atoms with Crippen molar-refractivity contribution in [2.45, 2.75) is 90.5 Å². The van der Waals surface area contributed by atoms with Crippen LogP contribution in [0.25, 0.3) is 0 Å². The highest BCUT2D eigenvalue weighted by Crippen LogP contribution is 2.70. The molecule has 2 N–H and O–H groups in total. The van der Waals surface area contributed by atoms with E-state index >= 15 is 0 Å². The lowest BCUT2D eigenvalue weighted by molar-refractivity contribution is -0.150. The van der Waals surface area contributed by atoms with E-state index in [2.05, 4.69) is 13.8 Å². The SMILES string of the molecule is CC12CC3CC(C)(C1)CC(CC(N)C1CCCC1)(C3)C2. The van der Waals surface area contributed by atoms with E-state index in [0.717, 1.165) is 11.8 Å². The number of nitrogens with two attached hydrogens (primary N) is 1. The van der Waals surface area contributed by atoms with Gasteiger partial charge in [0.15, 0.2) is 0 Å². The van der Waals surface area contributed by atoms with Gasteiger partial charge in [0.05, 0.1) is 0 Å². The van der Waals surface area contributed by atoms with Gasteiger partial charge in [0.1, 0.15) is 0 Å². The molecule has 0 aromatic heterocycles. The summed E-state index contributed by atoms with van der Waals surface area (Å²) < 4.78 is 0. The summed E-state index contributed by atoms with van der Waals surface area (Å²) in [5, 5.41) is 0. The normalized spacial score (nSPS) is 52.6. The Kier molecular flexibility index (Phi) is 2.89. The van der Waals surface area contributed by atoms with Crippen LogP contribution in [0.5, 0.6) is 0 Å². The summed E-state index contributed by atoms with van der Waals surface area (Å²) in [5.74, 6) is 1.88. The maximum atomic E-state index is 6.69. The standard InChI is InChI=1S/C19H33N/c1-17-7-14-8-18(2,11-17)13-19(9-14,12-17)10-16(20)15-5-3-4-6-15/h14-16H,3-13,20H2,1-2H3. The van der Waals surface area contributed by atoms with Crippen molar-refractivity contribution < 1.29 is 0 Å². The molecule has 0 aromatic carbocycles. The molecule has 1 heteroatoms. The van der Waals surface area contributed by atoms with Crippen molar-refractivity contribution >= 4 is 0 Å². The zero-order valence-corrected chi connectivity index (χ0v) is 13.6. The monoisotopic (exact) mass is 275 g/mol. The third-order valence-electron chi connectivity index (χ3n) is 7.42. The van der Waals surface area contributed by atoms with Crippen LogP contribution >= 0.6 is 0 Å². The van der Waals surface area contributed by atoms with Crippen LogP contribution in [0, 0.1) is 28.1 Å². The van der Waals surface area contributed by atoms with Gasteiger partial charge in [0.2, 0.25) is 0 Å². The van der Waals surface area contributed by atoms with Crippen molar-refractivity contribution in [1.29, 1.82) is 0 Å². The van der Waals surface area contributed by atoms with Gasteiger partial charge in [0, 0.05) is 6.04 Å². The second-order valence-corrected chi connectivity index (χ2v) is 10.0. The van der Waals surface area contributed by atoms with Crippen molar-refractivity contribution in [3.8, 4) is 0 Å². The molecule has 5 aliphatic rings. The zero-order valence-electron chi connectivity index (χ0n) is 13.6. The van der Waals surface area contributed by atoms with Crippen molar-refractivity contribution in [1.82, 2.24) is 0 Å². The first-order chi connectivity index (χ1) is 9.40. The Balaban J connectivity index is 1.54. The first-order valence-corrected chi connectivity index (χ1v) is 9.15. The molecule has 5 rings (SSSR count). The Labute approximate surface area is 125 Å². The van der Waals surface area contributed by atoms with E-state index in [1.807, 2.05) is 0 Å². The summed E-state index contributed by atoms with van der Waals surface area (Å²) in [6.07, 6.45) is 16.1. The Morgan fingerprint density at radius 1 is 0.950 bits per heavy atom. The van der Waals surface area contributed by atoms with E-state index in [9.17, 15) is 0 Å². The van der Waals surface area contributed by atoms with Crippen molar-refractivity contribution in [3.05, 3.63) is 0 Å². The van der Waals surface area contributed by atoms with Crippen LogP contribution in [0.2, 0.25) is 0 Å². The molecule has 0 aliphatic heterocycles. The second-order valence-electron chi connectivity index (χ2n) is 10.0. The minimum absolute atomic E-state index is 0.501. The fourth-order valence-corrected chi connectivity index (χ4v) is 7.96. The van der Waals surface area contributed by atoms with E-state index in [4.69, 9.17) is 5.73 Å².